The summed E-state index contributed by atoms with van der Waals surface area (Å²) in [5.41, 5.74) is 0.653. The van der Waals surface area contributed by atoms with Crippen LogP contribution < -0.4 is 13.1 Å². The van der Waals surface area contributed by atoms with Crippen LogP contribution in [-0.2, 0) is 10.4 Å². The topological polar surface area (TPSA) is 78.9 Å². The maximum Gasteiger partial charge on any atom is 0.501 e. The van der Waals surface area contributed by atoms with Gasteiger partial charge in [-0.2, -0.15) is 0 Å². The molecule has 0 radical (unpaired) electrons. The molecule has 0 aliphatic carbocycles. The molecule has 7 heteroatoms. The largest absolute Gasteiger partial charge is 0.501 e. The summed E-state index contributed by atoms with van der Waals surface area (Å²) < 4.78 is 37.1. The van der Waals surface area contributed by atoms with Crippen molar-refractivity contribution >= 4 is 16.2 Å². The molecule has 3 rings (SSSR count). The molecule has 0 aromatic heterocycles. The third kappa shape index (κ3) is 2.31. The van der Waals surface area contributed by atoms with Crippen molar-refractivity contribution in [3.63, 3.8) is 0 Å². The second-order valence-electron chi connectivity index (χ2n) is 4.24. The summed E-state index contributed by atoms with van der Waals surface area (Å²) in [6.07, 6.45) is 0. The molecule has 1 heterocycles. The van der Waals surface area contributed by atoms with Crippen LogP contribution in [0.5, 0.6) is 17.2 Å². The molecule has 0 spiro atoms. The van der Waals surface area contributed by atoms with Crippen LogP contribution in [0.15, 0.2) is 42.5 Å². The van der Waals surface area contributed by atoms with Gasteiger partial charge in [0.05, 0.1) is 12.7 Å². The monoisotopic (exact) mass is 306 g/mol. The van der Waals surface area contributed by atoms with Crippen molar-refractivity contribution in [3.05, 3.63) is 53.6 Å². The molecule has 108 valence electrons. The first-order chi connectivity index (χ1) is 10.0. The van der Waals surface area contributed by atoms with Crippen LogP contribution >= 0.6 is 0 Å². The number of carbonyl (C=O) groups excluding carboxylic acids is 1. The van der Waals surface area contributed by atoms with Gasteiger partial charge in [0.2, 0.25) is 5.75 Å². The molecule has 0 fully saturated rings. The summed E-state index contributed by atoms with van der Waals surface area (Å²) in [4.78, 5) is 12.5. The first kappa shape index (κ1) is 13.4. The molecule has 2 aromatic carbocycles. The van der Waals surface area contributed by atoms with Crippen molar-refractivity contribution in [3.8, 4) is 17.2 Å². The zero-order chi connectivity index (χ0) is 15.0. The van der Waals surface area contributed by atoms with E-state index in [2.05, 4.69) is 4.18 Å². The van der Waals surface area contributed by atoms with Crippen molar-refractivity contribution in [2.45, 2.75) is 0 Å². The van der Waals surface area contributed by atoms with E-state index in [1.165, 1.54) is 19.2 Å². The smallest absolute Gasteiger partial charge is 0.492 e. The van der Waals surface area contributed by atoms with E-state index in [9.17, 15) is 13.2 Å². The van der Waals surface area contributed by atoms with Gasteiger partial charge in [0.1, 0.15) is 0 Å². The third-order valence-electron chi connectivity index (χ3n) is 2.94. The highest BCUT2D eigenvalue weighted by Gasteiger charge is 2.34. The molecule has 0 atom stereocenters. The fourth-order valence-electron chi connectivity index (χ4n) is 2.04. The van der Waals surface area contributed by atoms with Crippen LogP contribution in [0.4, 0.5) is 0 Å². The van der Waals surface area contributed by atoms with E-state index < -0.39 is 10.4 Å². The summed E-state index contributed by atoms with van der Waals surface area (Å²) in [5.74, 6) is -0.388. The molecule has 1 aliphatic rings. The van der Waals surface area contributed by atoms with Crippen LogP contribution in [0.3, 0.4) is 0 Å². The SMILES string of the molecule is COc1c(C(=O)c2ccccc2)ccc2c1OS(=O)(=O)O2. The van der Waals surface area contributed by atoms with Crippen LogP contribution in [0, 0.1) is 0 Å². The predicted octanol–water partition coefficient (Wildman–Crippen LogP) is 1.94. The Morgan fingerprint density at radius 1 is 1.05 bits per heavy atom. The molecule has 0 saturated carbocycles. The molecule has 1 aliphatic heterocycles. The van der Waals surface area contributed by atoms with Crippen molar-refractivity contribution in [1.82, 2.24) is 0 Å². The maximum atomic E-state index is 12.5. The van der Waals surface area contributed by atoms with Crippen molar-refractivity contribution in [1.29, 1.82) is 0 Å². The Morgan fingerprint density at radius 2 is 1.76 bits per heavy atom. The maximum absolute atomic E-state index is 12.5. The van der Waals surface area contributed by atoms with Crippen molar-refractivity contribution < 1.29 is 26.3 Å². The van der Waals surface area contributed by atoms with Crippen LogP contribution in [0.1, 0.15) is 15.9 Å². The number of hydrogen-bond acceptors (Lipinski definition) is 6. The highest BCUT2D eigenvalue weighted by molar-refractivity contribution is 7.82. The fourth-order valence-corrected chi connectivity index (χ4v) is 2.79. The quantitative estimate of drug-likeness (QED) is 0.806. The average molecular weight is 306 g/mol. The number of ether oxygens (including phenoxy) is 1. The molecule has 21 heavy (non-hydrogen) atoms. The normalized spacial score (nSPS) is 14.7. The first-order valence-electron chi connectivity index (χ1n) is 5.96. The summed E-state index contributed by atoms with van der Waals surface area (Å²) >= 11 is 0. The van der Waals surface area contributed by atoms with Gasteiger partial charge in [0.25, 0.3) is 0 Å². The van der Waals surface area contributed by atoms with E-state index >= 15 is 0 Å². The number of methoxy groups -OCH3 is 1. The molecule has 0 amide bonds. The zero-order valence-electron chi connectivity index (χ0n) is 10.9. The van der Waals surface area contributed by atoms with E-state index in [0.717, 1.165) is 0 Å². The van der Waals surface area contributed by atoms with Gasteiger partial charge in [-0.05, 0) is 12.1 Å². The minimum Gasteiger partial charge on any atom is -0.492 e. The van der Waals surface area contributed by atoms with Crippen molar-refractivity contribution in [2.75, 3.05) is 7.11 Å². The Bertz CT molecular complexity index is 811. The number of carbonyl (C=O) groups is 1. The Hall–Kier alpha value is -2.54. The lowest BCUT2D eigenvalue weighted by atomic mass is 10.0. The Morgan fingerprint density at radius 3 is 2.43 bits per heavy atom. The lowest BCUT2D eigenvalue weighted by Crippen LogP contribution is -2.08. The third-order valence-corrected chi connectivity index (χ3v) is 3.69. The Labute approximate surface area is 121 Å². The van der Waals surface area contributed by atoms with Crippen molar-refractivity contribution in [2.24, 2.45) is 0 Å². The van der Waals surface area contributed by atoms with Crippen LogP contribution in [0.2, 0.25) is 0 Å². The minimum atomic E-state index is -4.14. The van der Waals surface area contributed by atoms with Gasteiger partial charge >= 0.3 is 10.4 Å². The lowest BCUT2D eigenvalue weighted by molar-refractivity contribution is 0.103. The van der Waals surface area contributed by atoms with Crippen LogP contribution in [0.25, 0.3) is 0 Å². The molecular weight excluding hydrogens is 296 g/mol. The van der Waals surface area contributed by atoms with Gasteiger partial charge in [-0.3, -0.25) is 4.79 Å². The highest BCUT2D eigenvalue weighted by atomic mass is 32.3. The second-order valence-corrected chi connectivity index (χ2v) is 5.39. The number of hydrogen-bond donors (Lipinski definition) is 0. The van der Waals surface area contributed by atoms with E-state index in [1.807, 2.05) is 0 Å². The minimum absolute atomic E-state index is 0.00328. The van der Waals surface area contributed by atoms with Gasteiger partial charge in [0, 0.05) is 5.56 Å². The van der Waals surface area contributed by atoms with Gasteiger partial charge in [-0.15, -0.1) is 8.42 Å². The molecule has 0 N–H and O–H groups in total. The number of fused-ring (bicyclic) bond motifs is 1. The number of rotatable bonds is 3. The standard InChI is InChI=1S/C14H10O6S/c1-18-13-10(12(15)9-5-3-2-4-6-9)7-8-11-14(13)20-21(16,17)19-11/h2-8H,1H3. The molecule has 0 bridgehead atoms. The molecular formula is C14H10O6S. The fraction of sp³-hybridized carbons (Fsp3) is 0.0714. The number of ketones is 1. The highest BCUT2D eigenvalue weighted by Crippen LogP contribution is 2.45. The molecule has 0 unspecified atom stereocenters. The summed E-state index contributed by atoms with van der Waals surface area (Å²) in [6, 6.07) is 11.4. The zero-order valence-corrected chi connectivity index (χ0v) is 11.7. The van der Waals surface area contributed by atoms with E-state index in [0.29, 0.717) is 5.56 Å². The average Bonchev–Trinajstić information content (AvgIpc) is 2.80. The molecule has 0 saturated heterocycles. The van der Waals surface area contributed by atoms with Gasteiger partial charge in [0.15, 0.2) is 17.3 Å². The first-order valence-corrected chi connectivity index (χ1v) is 7.30. The van der Waals surface area contributed by atoms with E-state index in [4.69, 9.17) is 8.92 Å². The summed E-state index contributed by atoms with van der Waals surface area (Å²) in [5, 5.41) is 0. The second kappa shape index (κ2) is 4.78. The molecule has 2 aromatic rings. The summed E-state index contributed by atoms with van der Waals surface area (Å²) in [7, 11) is -2.81. The Kier molecular flexibility index (Phi) is 3.06. The van der Waals surface area contributed by atoms with Crippen LogP contribution in [-0.4, -0.2) is 21.3 Å². The van der Waals surface area contributed by atoms with Gasteiger partial charge < -0.3 is 13.1 Å². The van der Waals surface area contributed by atoms with E-state index in [-0.39, 0.29) is 28.6 Å². The van der Waals surface area contributed by atoms with Gasteiger partial charge in [-0.1, -0.05) is 30.3 Å². The number of benzene rings is 2. The predicted molar refractivity (Wildman–Crippen MR) is 73.0 cm³/mol. The lowest BCUT2D eigenvalue weighted by Gasteiger charge is -2.09. The molecule has 6 nitrogen and oxygen atoms in total. The van der Waals surface area contributed by atoms with Gasteiger partial charge in [-0.25, -0.2) is 0 Å². The summed E-state index contributed by atoms with van der Waals surface area (Å²) in [6.45, 7) is 0. The Balaban J connectivity index is 2.12. The van der Waals surface area contributed by atoms with E-state index in [1.54, 1.807) is 30.3 Å².